The summed E-state index contributed by atoms with van der Waals surface area (Å²) in [5.74, 6) is 2.07. The number of benzene rings is 2. The lowest BCUT2D eigenvalue weighted by molar-refractivity contribution is 0.869. The number of nitrogens with one attached hydrogen (secondary N) is 2. The Labute approximate surface area is 175 Å². The molecule has 4 heteroatoms. The van der Waals surface area contributed by atoms with Crippen molar-refractivity contribution in [2.24, 2.45) is 0 Å². The van der Waals surface area contributed by atoms with Crippen molar-refractivity contribution < 1.29 is 0 Å². The molecule has 149 valence electrons. The molecule has 2 N–H and O–H groups in total. The van der Waals surface area contributed by atoms with Gasteiger partial charge in [0.15, 0.2) is 5.82 Å². The van der Waals surface area contributed by atoms with Crippen LogP contribution in [0.2, 0.25) is 0 Å². The van der Waals surface area contributed by atoms with E-state index in [1.54, 1.807) is 0 Å². The van der Waals surface area contributed by atoms with Crippen LogP contribution in [-0.2, 0) is 0 Å². The van der Waals surface area contributed by atoms with Crippen molar-refractivity contribution in [2.45, 2.75) is 45.4 Å². The van der Waals surface area contributed by atoms with Gasteiger partial charge in [-0.05, 0) is 49.4 Å². The molecule has 4 nitrogen and oxygen atoms in total. The predicted molar refractivity (Wildman–Crippen MR) is 122 cm³/mol. The minimum atomic E-state index is 0.486. The third-order valence-electron chi connectivity index (χ3n) is 6.37. The van der Waals surface area contributed by atoms with Crippen molar-refractivity contribution in [3.63, 3.8) is 0 Å². The normalized spacial score (nSPS) is 14.4. The summed E-state index contributed by atoms with van der Waals surface area (Å²) in [5, 5.41) is 10.3. The fourth-order valence-corrected chi connectivity index (χ4v) is 4.54. The molecule has 1 saturated carbocycles. The molecule has 0 aliphatic heterocycles. The van der Waals surface area contributed by atoms with Crippen LogP contribution >= 0.6 is 0 Å². The van der Waals surface area contributed by atoms with Gasteiger partial charge in [-0.3, -0.25) is 9.67 Å². The number of nitrogens with zero attached hydrogens (tertiary/aromatic N) is 2. The summed E-state index contributed by atoms with van der Waals surface area (Å²) in [7, 11) is 0. The lowest BCUT2D eigenvalue weighted by Crippen LogP contribution is -1.98. The average Bonchev–Trinajstić information content (AvgIpc) is 3.21. The number of aryl methyl sites for hydroxylation is 1. The molecule has 5 aromatic rings. The summed E-state index contributed by atoms with van der Waals surface area (Å²) in [4.78, 5) is 3.59. The summed E-state index contributed by atoms with van der Waals surface area (Å²) in [6.07, 6.45) is 2.51. The van der Waals surface area contributed by atoms with Gasteiger partial charge in [0.2, 0.25) is 0 Å². The summed E-state index contributed by atoms with van der Waals surface area (Å²) < 4.78 is 2.26. The molecule has 0 atom stereocenters. The summed E-state index contributed by atoms with van der Waals surface area (Å²) in [6, 6.07) is 21.1. The van der Waals surface area contributed by atoms with Crippen LogP contribution in [-0.4, -0.2) is 19.7 Å². The van der Waals surface area contributed by atoms with Crippen LogP contribution in [0.25, 0.3) is 38.9 Å². The van der Waals surface area contributed by atoms with E-state index in [2.05, 4.69) is 90.0 Å². The van der Waals surface area contributed by atoms with Crippen molar-refractivity contribution in [1.29, 1.82) is 0 Å². The molecule has 2 aromatic carbocycles. The Hall–Kier alpha value is -3.27. The number of H-pyrrole nitrogens is 2. The lowest BCUT2D eigenvalue weighted by atomic mass is 9.99. The highest BCUT2D eigenvalue weighted by Crippen LogP contribution is 2.41. The topological polar surface area (TPSA) is 49.4 Å². The highest BCUT2D eigenvalue weighted by Gasteiger charge is 2.27. The molecule has 1 fully saturated rings. The molecule has 30 heavy (non-hydrogen) atoms. The summed E-state index contributed by atoms with van der Waals surface area (Å²) in [5.41, 5.74) is 8.32. The van der Waals surface area contributed by atoms with Crippen LogP contribution in [0, 0.1) is 13.0 Å². The second-order valence-electron chi connectivity index (χ2n) is 8.87. The predicted octanol–water partition coefficient (Wildman–Crippen LogP) is 6.61. The Kier molecular flexibility index (Phi) is 3.73. The van der Waals surface area contributed by atoms with Crippen LogP contribution in [0.15, 0.2) is 48.5 Å². The molecule has 0 spiro atoms. The summed E-state index contributed by atoms with van der Waals surface area (Å²) in [6.45, 7) is 6.64. The van der Waals surface area contributed by atoms with Gasteiger partial charge in [0.05, 0.1) is 11.2 Å². The van der Waals surface area contributed by atoms with Crippen molar-refractivity contribution in [3.05, 3.63) is 71.5 Å². The molecule has 6 rings (SSSR count). The molecular formula is C26H25N4. The fraction of sp³-hybridized carbons (Fsp3) is 0.269. The molecule has 1 aliphatic rings. The maximum atomic E-state index is 4.70. The maximum Gasteiger partial charge on any atom is 0.159 e. The zero-order valence-electron chi connectivity index (χ0n) is 17.6. The van der Waals surface area contributed by atoms with E-state index in [4.69, 9.17) is 5.10 Å². The first-order chi connectivity index (χ1) is 14.6. The Bertz CT molecular complexity index is 1390. The standard InChI is InChI=1S/C26H25N4/c1-15(2)18-10-11-21-20(12-18)26(16(3)27-21)24-13-19-6-4-5-7-23(19)30(24)25-14-22(28-29-25)17-8-9-17/h4-7,10-12,14-15,17,27H,8-9H2,1-3H3,(H,28,29). The van der Waals surface area contributed by atoms with E-state index < -0.39 is 0 Å². The molecule has 0 saturated heterocycles. The van der Waals surface area contributed by atoms with Crippen molar-refractivity contribution in [2.75, 3.05) is 0 Å². The molecule has 0 bridgehead atoms. The van der Waals surface area contributed by atoms with Gasteiger partial charge in [0.25, 0.3) is 0 Å². The Morgan fingerprint density at radius 3 is 2.73 bits per heavy atom. The van der Waals surface area contributed by atoms with E-state index in [1.807, 2.05) is 0 Å². The van der Waals surface area contributed by atoms with Crippen molar-refractivity contribution >= 4 is 21.8 Å². The number of hydrogen-bond donors (Lipinski definition) is 2. The van der Waals surface area contributed by atoms with Crippen molar-refractivity contribution in [3.8, 4) is 17.1 Å². The van der Waals surface area contributed by atoms with E-state index in [9.17, 15) is 0 Å². The number of rotatable bonds is 4. The summed E-state index contributed by atoms with van der Waals surface area (Å²) >= 11 is 0. The monoisotopic (exact) mass is 393 g/mol. The largest absolute Gasteiger partial charge is 0.358 e. The molecule has 0 amide bonds. The number of fused-ring (bicyclic) bond motifs is 2. The van der Waals surface area contributed by atoms with E-state index >= 15 is 0 Å². The minimum Gasteiger partial charge on any atom is -0.358 e. The van der Waals surface area contributed by atoms with Crippen LogP contribution in [0.1, 0.15) is 55.5 Å². The van der Waals surface area contributed by atoms with E-state index in [0.29, 0.717) is 11.8 Å². The van der Waals surface area contributed by atoms with E-state index in [0.717, 1.165) is 33.6 Å². The zero-order valence-corrected chi connectivity index (χ0v) is 17.6. The molecule has 3 aromatic heterocycles. The highest BCUT2D eigenvalue weighted by molar-refractivity contribution is 6.00. The van der Waals surface area contributed by atoms with Gasteiger partial charge in [-0.25, -0.2) is 0 Å². The third-order valence-corrected chi connectivity index (χ3v) is 6.37. The van der Waals surface area contributed by atoms with Gasteiger partial charge in [0, 0.05) is 51.3 Å². The fourth-order valence-electron chi connectivity index (χ4n) is 4.54. The number of aromatic amines is 2. The minimum absolute atomic E-state index is 0.486. The van der Waals surface area contributed by atoms with Gasteiger partial charge in [-0.1, -0.05) is 38.1 Å². The number of hydrogen-bond acceptors (Lipinski definition) is 1. The second-order valence-corrected chi connectivity index (χ2v) is 8.87. The number of para-hydroxylation sites is 1. The van der Waals surface area contributed by atoms with Gasteiger partial charge in [-0.2, -0.15) is 5.10 Å². The van der Waals surface area contributed by atoms with Crippen molar-refractivity contribution in [1.82, 2.24) is 19.7 Å². The molecular weight excluding hydrogens is 368 g/mol. The van der Waals surface area contributed by atoms with Gasteiger partial charge < -0.3 is 4.98 Å². The van der Waals surface area contributed by atoms with Crippen LogP contribution in [0.3, 0.4) is 0 Å². The molecule has 3 heterocycles. The van der Waals surface area contributed by atoms with Crippen LogP contribution in [0.5, 0.6) is 0 Å². The average molecular weight is 394 g/mol. The Morgan fingerprint density at radius 2 is 1.93 bits per heavy atom. The number of aromatic nitrogens is 4. The maximum absolute atomic E-state index is 4.70. The van der Waals surface area contributed by atoms with Gasteiger partial charge in [0.1, 0.15) is 0 Å². The Morgan fingerprint density at radius 1 is 1.10 bits per heavy atom. The quantitative estimate of drug-likeness (QED) is 0.354. The van der Waals surface area contributed by atoms with Crippen LogP contribution < -0.4 is 0 Å². The van der Waals surface area contributed by atoms with Crippen LogP contribution in [0.4, 0.5) is 0 Å². The molecule has 1 aliphatic carbocycles. The van der Waals surface area contributed by atoms with Gasteiger partial charge >= 0.3 is 0 Å². The molecule has 1 radical (unpaired) electrons. The third kappa shape index (κ3) is 2.63. The molecule has 0 unspecified atom stereocenters. The van der Waals surface area contributed by atoms with Gasteiger partial charge in [-0.15, -0.1) is 0 Å². The Balaban J connectivity index is 1.65. The first kappa shape index (κ1) is 17.6. The zero-order chi connectivity index (χ0) is 20.4. The first-order valence-corrected chi connectivity index (χ1v) is 10.8. The first-order valence-electron chi connectivity index (χ1n) is 10.8. The smallest absolute Gasteiger partial charge is 0.159 e. The SMILES string of the molecule is Cc1[nH]c2ccc(C(C)C)cc2c1-c1[c]c2ccccc2n1-c1cc(C2CC2)[nH]n1. The lowest BCUT2D eigenvalue weighted by Gasteiger charge is -2.10. The van der Waals surface area contributed by atoms with E-state index in [1.165, 1.54) is 35.0 Å². The highest BCUT2D eigenvalue weighted by atomic mass is 15.2. The second kappa shape index (κ2) is 6.36. The van der Waals surface area contributed by atoms with E-state index in [-0.39, 0.29) is 0 Å².